The van der Waals surface area contributed by atoms with Crippen LogP contribution in [-0.2, 0) is 11.8 Å². The molecule has 1 N–H and O–H groups in total. The first-order chi connectivity index (χ1) is 9.90. The summed E-state index contributed by atoms with van der Waals surface area (Å²) in [5, 5.41) is 19.9. The molecule has 8 nitrogen and oxygen atoms in total. The van der Waals surface area contributed by atoms with Crippen LogP contribution in [0.3, 0.4) is 0 Å². The smallest absolute Gasteiger partial charge is 0.406 e. The minimum Gasteiger partial charge on any atom is -0.481 e. The van der Waals surface area contributed by atoms with Gasteiger partial charge in [-0.05, 0) is 35.1 Å². The molecule has 0 radical (unpaired) electrons. The number of rotatable bonds is 5. The van der Waals surface area contributed by atoms with Crippen LogP contribution < -0.4 is 4.90 Å². The predicted molar refractivity (Wildman–Crippen MR) is 76.4 cm³/mol. The van der Waals surface area contributed by atoms with E-state index in [-0.39, 0.29) is 18.2 Å². The summed E-state index contributed by atoms with van der Waals surface area (Å²) in [5.41, 5.74) is 0. The number of aromatic nitrogens is 2. The Morgan fingerprint density at radius 1 is 1.57 bits per heavy atom. The number of nitrogens with zero attached hydrogens (tertiary/aromatic N) is 4. The molecule has 1 saturated heterocycles. The van der Waals surface area contributed by atoms with Crippen molar-refractivity contribution in [2.75, 3.05) is 18.0 Å². The van der Waals surface area contributed by atoms with Crippen molar-refractivity contribution in [3.63, 3.8) is 0 Å². The summed E-state index contributed by atoms with van der Waals surface area (Å²) in [7, 11) is 1.77. The van der Waals surface area contributed by atoms with Gasteiger partial charge in [0, 0.05) is 33.5 Å². The summed E-state index contributed by atoms with van der Waals surface area (Å²) in [6.45, 7) is 3.12. The number of imidazole rings is 1. The lowest BCUT2D eigenvalue weighted by Gasteiger charge is -2.33. The van der Waals surface area contributed by atoms with E-state index in [0.29, 0.717) is 24.6 Å². The monoisotopic (exact) mass is 296 g/mol. The molecule has 0 spiro atoms. The maximum atomic E-state index is 11.2. The van der Waals surface area contributed by atoms with E-state index in [1.807, 2.05) is 4.90 Å². The summed E-state index contributed by atoms with van der Waals surface area (Å²) in [5.74, 6) is 0.468. The van der Waals surface area contributed by atoms with Crippen LogP contribution in [0.2, 0.25) is 0 Å². The van der Waals surface area contributed by atoms with Gasteiger partial charge in [0.05, 0.1) is 0 Å². The standard InChI is InChI=1S/C13H20N4O4/c1-9-14-12(17(20)21)13(15(9)2)16-7-3-4-10(8-16)5-6-11(18)19/h10H,3-8H2,1-2H3,(H,18,19). The molecule has 1 fully saturated rings. The Morgan fingerprint density at radius 2 is 2.29 bits per heavy atom. The average Bonchev–Trinajstić information content (AvgIpc) is 2.73. The van der Waals surface area contributed by atoms with E-state index >= 15 is 0 Å². The molecule has 8 heteroatoms. The van der Waals surface area contributed by atoms with Crippen LogP contribution in [0.5, 0.6) is 0 Å². The first-order valence-corrected chi connectivity index (χ1v) is 7.04. The van der Waals surface area contributed by atoms with E-state index in [1.54, 1.807) is 18.5 Å². The first kappa shape index (κ1) is 15.3. The van der Waals surface area contributed by atoms with Crippen molar-refractivity contribution in [3.05, 3.63) is 15.9 Å². The fourth-order valence-corrected chi connectivity index (χ4v) is 2.88. The highest BCUT2D eigenvalue weighted by Crippen LogP contribution is 2.32. The quantitative estimate of drug-likeness (QED) is 0.655. The van der Waals surface area contributed by atoms with E-state index in [2.05, 4.69) is 4.98 Å². The molecule has 0 aliphatic carbocycles. The molecule has 21 heavy (non-hydrogen) atoms. The molecule has 1 atom stereocenters. The van der Waals surface area contributed by atoms with Crippen molar-refractivity contribution in [1.29, 1.82) is 0 Å². The van der Waals surface area contributed by atoms with Gasteiger partial charge < -0.3 is 20.1 Å². The fraction of sp³-hybridized carbons (Fsp3) is 0.692. The van der Waals surface area contributed by atoms with Gasteiger partial charge in [-0.3, -0.25) is 9.36 Å². The van der Waals surface area contributed by atoms with Gasteiger partial charge in [0.2, 0.25) is 11.6 Å². The van der Waals surface area contributed by atoms with E-state index < -0.39 is 10.9 Å². The third-order valence-corrected chi connectivity index (χ3v) is 4.03. The van der Waals surface area contributed by atoms with E-state index in [0.717, 1.165) is 19.4 Å². The molecule has 0 bridgehead atoms. The largest absolute Gasteiger partial charge is 0.481 e. The first-order valence-electron chi connectivity index (χ1n) is 7.04. The number of carbonyl (C=O) groups is 1. The molecular weight excluding hydrogens is 276 g/mol. The normalized spacial score (nSPS) is 18.8. The van der Waals surface area contributed by atoms with Crippen LogP contribution in [0, 0.1) is 23.0 Å². The second kappa shape index (κ2) is 6.11. The number of piperidine rings is 1. The molecule has 2 heterocycles. The Labute approximate surface area is 122 Å². The van der Waals surface area contributed by atoms with Crippen LogP contribution in [0.1, 0.15) is 31.5 Å². The van der Waals surface area contributed by atoms with Crippen molar-refractivity contribution in [1.82, 2.24) is 9.55 Å². The zero-order chi connectivity index (χ0) is 15.6. The number of aryl methyl sites for hydroxylation is 1. The van der Waals surface area contributed by atoms with Gasteiger partial charge in [-0.25, -0.2) is 0 Å². The van der Waals surface area contributed by atoms with E-state index in [1.165, 1.54) is 0 Å². The minimum absolute atomic E-state index is 0.117. The molecule has 0 amide bonds. The van der Waals surface area contributed by atoms with Crippen molar-refractivity contribution >= 4 is 17.6 Å². The van der Waals surface area contributed by atoms with Crippen molar-refractivity contribution in [2.45, 2.75) is 32.6 Å². The molecule has 1 aliphatic heterocycles. The number of anilines is 1. The molecule has 1 unspecified atom stereocenters. The number of carboxylic acid groups (broad SMARTS) is 1. The highest BCUT2D eigenvalue weighted by molar-refractivity contribution is 5.66. The summed E-state index contributed by atoms with van der Waals surface area (Å²) in [4.78, 5) is 27.4. The van der Waals surface area contributed by atoms with Gasteiger partial charge in [-0.1, -0.05) is 0 Å². The maximum absolute atomic E-state index is 11.2. The Balaban J connectivity index is 2.18. The van der Waals surface area contributed by atoms with Gasteiger partial charge in [0.1, 0.15) is 0 Å². The topological polar surface area (TPSA) is 102 Å². The van der Waals surface area contributed by atoms with E-state index in [4.69, 9.17) is 5.11 Å². The van der Waals surface area contributed by atoms with Crippen LogP contribution in [0.15, 0.2) is 0 Å². The van der Waals surface area contributed by atoms with Crippen molar-refractivity contribution in [2.24, 2.45) is 13.0 Å². The number of hydrogen-bond donors (Lipinski definition) is 1. The average molecular weight is 296 g/mol. The maximum Gasteiger partial charge on any atom is 0.406 e. The van der Waals surface area contributed by atoms with Gasteiger partial charge in [-0.2, -0.15) is 0 Å². The lowest BCUT2D eigenvalue weighted by Crippen LogP contribution is -2.37. The molecule has 2 rings (SSSR count). The van der Waals surface area contributed by atoms with Crippen molar-refractivity contribution in [3.8, 4) is 0 Å². The Morgan fingerprint density at radius 3 is 2.90 bits per heavy atom. The highest BCUT2D eigenvalue weighted by Gasteiger charge is 2.31. The Kier molecular flexibility index (Phi) is 4.44. The van der Waals surface area contributed by atoms with Crippen LogP contribution in [0.25, 0.3) is 0 Å². The number of aliphatic carboxylic acids is 1. The van der Waals surface area contributed by atoms with Gasteiger partial charge in [-0.15, -0.1) is 0 Å². The molecule has 1 aliphatic rings. The lowest BCUT2D eigenvalue weighted by molar-refractivity contribution is -0.388. The second-order valence-corrected chi connectivity index (χ2v) is 5.51. The number of carboxylic acids is 1. The van der Waals surface area contributed by atoms with Gasteiger partial charge in [0.25, 0.3) is 0 Å². The fourth-order valence-electron chi connectivity index (χ4n) is 2.88. The summed E-state index contributed by atoms with van der Waals surface area (Å²) >= 11 is 0. The summed E-state index contributed by atoms with van der Waals surface area (Å²) in [6, 6.07) is 0. The third kappa shape index (κ3) is 3.32. The molecular formula is C13H20N4O4. The SMILES string of the molecule is Cc1nc([N+](=O)[O-])c(N2CCCC(CCC(=O)O)C2)n1C. The molecule has 116 valence electrons. The van der Waals surface area contributed by atoms with Gasteiger partial charge >= 0.3 is 11.8 Å². The zero-order valence-electron chi connectivity index (χ0n) is 12.3. The molecule has 1 aromatic heterocycles. The third-order valence-electron chi connectivity index (χ3n) is 4.03. The summed E-state index contributed by atoms with van der Waals surface area (Å²) in [6.07, 6.45) is 2.63. The minimum atomic E-state index is -0.797. The van der Waals surface area contributed by atoms with Gasteiger partial charge in [0.15, 0.2) is 0 Å². The Bertz CT molecular complexity index is 555. The van der Waals surface area contributed by atoms with Crippen molar-refractivity contribution < 1.29 is 14.8 Å². The predicted octanol–water partition coefficient (Wildman–Crippen LogP) is 1.72. The highest BCUT2D eigenvalue weighted by atomic mass is 16.6. The lowest BCUT2D eigenvalue weighted by atomic mass is 9.93. The van der Waals surface area contributed by atoms with Crippen LogP contribution >= 0.6 is 0 Å². The number of nitro groups is 1. The number of hydrogen-bond acceptors (Lipinski definition) is 5. The van der Waals surface area contributed by atoms with Crippen LogP contribution in [-0.4, -0.2) is 38.6 Å². The zero-order valence-corrected chi connectivity index (χ0v) is 12.3. The molecule has 0 saturated carbocycles. The second-order valence-electron chi connectivity index (χ2n) is 5.51. The van der Waals surface area contributed by atoms with E-state index in [9.17, 15) is 14.9 Å². The molecule has 1 aromatic rings. The summed E-state index contributed by atoms with van der Waals surface area (Å²) < 4.78 is 1.73. The molecule has 0 aromatic carbocycles. The van der Waals surface area contributed by atoms with Crippen LogP contribution in [0.4, 0.5) is 11.6 Å². The Hall–Kier alpha value is -2.12.